The molecule has 0 aliphatic rings. The number of nitrogens with zero attached hydrogens (tertiary/aromatic N) is 4. The van der Waals surface area contributed by atoms with Gasteiger partial charge in [-0.2, -0.15) is 5.26 Å². The van der Waals surface area contributed by atoms with E-state index in [2.05, 4.69) is 37.2 Å². The second kappa shape index (κ2) is 7.58. The molecule has 3 rings (SSSR count). The van der Waals surface area contributed by atoms with Crippen molar-refractivity contribution in [3.8, 4) is 17.5 Å². The molecule has 156 valence electrons. The molecule has 2 aromatic carbocycles. The molecule has 0 radical (unpaired) electrons. The largest absolute Gasteiger partial charge is 0.494 e. The average Bonchev–Trinajstić information content (AvgIpc) is 3.09. The molecule has 0 aliphatic carbocycles. The highest BCUT2D eigenvalue weighted by Crippen LogP contribution is 2.30. The summed E-state index contributed by atoms with van der Waals surface area (Å²) in [6, 6.07) is 12.3. The van der Waals surface area contributed by atoms with Crippen LogP contribution in [0.2, 0.25) is 0 Å². The normalized spacial score (nSPS) is 11.9. The van der Waals surface area contributed by atoms with Gasteiger partial charge in [0.25, 0.3) is 0 Å². The lowest BCUT2D eigenvalue weighted by atomic mass is 9.87. The van der Waals surface area contributed by atoms with Crippen LogP contribution in [0.3, 0.4) is 0 Å². The molecule has 0 saturated carbocycles. The predicted octanol–water partition coefficient (Wildman–Crippen LogP) is 3.89. The van der Waals surface area contributed by atoms with E-state index >= 15 is 0 Å². The summed E-state index contributed by atoms with van der Waals surface area (Å²) in [7, 11) is -2.37. The molecule has 7 nitrogen and oxygen atoms in total. The highest BCUT2D eigenvalue weighted by molar-refractivity contribution is 7.91. The van der Waals surface area contributed by atoms with Crippen molar-refractivity contribution in [2.45, 2.75) is 50.0 Å². The third kappa shape index (κ3) is 3.68. The summed E-state index contributed by atoms with van der Waals surface area (Å²) >= 11 is 0. The number of hydrogen-bond donors (Lipinski definition) is 0. The Hall–Kier alpha value is -3.18. The predicted molar refractivity (Wildman–Crippen MR) is 113 cm³/mol. The lowest BCUT2D eigenvalue weighted by Gasteiger charge is -2.19. The molecule has 8 heteroatoms. The van der Waals surface area contributed by atoms with E-state index < -0.39 is 9.84 Å². The van der Waals surface area contributed by atoms with Gasteiger partial charge in [0.2, 0.25) is 14.9 Å². The molecular formula is C22H24N4O3S. The number of ether oxygens (including phenoxy) is 1. The second-order valence-electron chi connectivity index (χ2n) is 8.12. The van der Waals surface area contributed by atoms with Gasteiger partial charge in [-0.05, 0) is 48.6 Å². The van der Waals surface area contributed by atoms with Gasteiger partial charge in [-0.25, -0.2) is 13.1 Å². The molecule has 0 spiro atoms. The number of aromatic nitrogens is 3. The first kappa shape index (κ1) is 21.5. The molecule has 0 fully saturated rings. The summed E-state index contributed by atoms with van der Waals surface area (Å²) in [5.41, 5.74) is 3.04. The fourth-order valence-electron chi connectivity index (χ4n) is 3.16. The second-order valence-corrected chi connectivity index (χ2v) is 9.99. The highest BCUT2D eigenvalue weighted by atomic mass is 32.2. The quantitative estimate of drug-likeness (QED) is 0.630. The summed E-state index contributed by atoms with van der Waals surface area (Å²) in [5.74, 6) is 0.406. The van der Waals surface area contributed by atoms with Crippen molar-refractivity contribution in [2.24, 2.45) is 0 Å². The van der Waals surface area contributed by atoms with E-state index in [1.165, 1.54) is 11.8 Å². The highest BCUT2D eigenvalue weighted by Gasteiger charge is 2.27. The maximum absolute atomic E-state index is 13.2. The van der Waals surface area contributed by atoms with Gasteiger partial charge in [-0.1, -0.05) is 38.1 Å². The first-order valence-corrected chi connectivity index (χ1v) is 10.9. The number of nitriles is 1. The third-order valence-electron chi connectivity index (χ3n) is 5.01. The van der Waals surface area contributed by atoms with Gasteiger partial charge in [0.1, 0.15) is 11.4 Å². The van der Waals surface area contributed by atoms with Crippen LogP contribution in [-0.4, -0.2) is 30.5 Å². The number of hydrogen-bond acceptors (Lipinski definition) is 6. The summed E-state index contributed by atoms with van der Waals surface area (Å²) in [6.45, 7) is 9.64. The Bertz CT molecular complexity index is 1250. The van der Waals surface area contributed by atoms with Crippen molar-refractivity contribution >= 4 is 9.84 Å². The first-order chi connectivity index (χ1) is 14.0. The van der Waals surface area contributed by atoms with Gasteiger partial charge in [0.05, 0.1) is 29.3 Å². The molecule has 30 heavy (non-hydrogen) atoms. The van der Waals surface area contributed by atoms with Gasteiger partial charge in [-0.15, -0.1) is 5.10 Å². The Morgan fingerprint density at radius 1 is 1.10 bits per heavy atom. The molecule has 1 aromatic heterocycles. The van der Waals surface area contributed by atoms with E-state index in [-0.39, 0.29) is 15.3 Å². The van der Waals surface area contributed by atoms with Crippen LogP contribution in [0.15, 0.2) is 46.3 Å². The van der Waals surface area contributed by atoms with Gasteiger partial charge in [0.15, 0.2) is 0 Å². The zero-order valence-corrected chi connectivity index (χ0v) is 18.7. The molecule has 0 atom stereocenters. The summed E-state index contributed by atoms with van der Waals surface area (Å²) in [5, 5.41) is 17.2. The molecule has 0 saturated heterocycles. The monoisotopic (exact) mass is 424 g/mol. The third-order valence-corrected chi connectivity index (χ3v) is 6.79. The lowest BCUT2D eigenvalue weighted by Crippen LogP contribution is -2.12. The van der Waals surface area contributed by atoms with Crippen molar-refractivity contribution in [3.63, 3.8) is 0 Å². The van der Waals surface area contributed by atoms with E-state index in [0.717, 1.165) is 11.1 Å². The minimum absolute atomic E-state index is 0.0780. The first-order valence-electron chi connectivity index (χ1n) is 9.37. The van der Waals surface area contributed by atoms with Crippen molar-refractivity contribution in [2.75, 3.05) is 7.11 Å². The Morgan fingerprint density at radius 2 is 1.73 bits per heavy atom. The smallest absolute Gasteiger partial charge is 0.227 e. The van der Waals surface area contributed by atoms with Crippen LogP contribution in [-0.2, 0) is 15.3 Å². The summed E-state index contributed by atoms with van der Waals surface area (Å²) < 4.78 is 33.2. The van der Waals surface area contributed by atoms with Crippen molar-refractivity contribution in [1.29, 1.82) is 5.26 Å². The van der Waals surface area contributed by atoms with Crippen LogP contribution in [0.4, 0.5) is 0 Å². The summed E-state index contributed by atoms with van der Waals surface area (Å²) in [6.07, 6.45) is 0. The van der Waals surface area contributed by atoms with Crippen molar-refractivity contribution in [1.82, 2.24) is 15.0 Å². The molecule has 0 amide bonds. The van der Waals surface area contributed by atoms with Crippen LogP contribution < -0.4 is 4.74 Å². The van der Waals surface area contributed by atoms with E-state index in [9.17, 15) is 13.7 Å². The standard InChI is InChI=1S/C22H24N4O3S/c1-14-11-19(20(29-6)12-16(14)13-23)26-15(2)21(24-25-26)30(27,28)18-9-7-17(8-10-18)22(3,4)5/h7-12H,1-6H3. The van der Waals surface area contributed by atoms with Gasteiger partial charge in [0, 0.05) is 6.07 Å². The SMILES string of the molecule is COc1cc(C#N)c(C)cc1-n1nnc(S(=O)(=O)c2ccc(C(C)(C)C)cc2)c1C. The summed E-state index contributed by atoms with van der Waals surface area (Å²) in [4.78, 5) is 0.161. The number of sulfone groups is 1. The maximum atomic E-state index is 13.2. The maximum Gasteiger partial charge on any atom is 0.227 e. The van der Waals surface area contributed by atoms with Gasteiger partial charge < -0.3 is 4.74 Å². The molecule has 0 aliphatic heterocycles. The molecular weight excluding hydrogens is 400 g/mol. The van der Waals surface area contributed by atoms with Crippen molar-refractivity contribution in [3.05, 3.63) is 58.8 Å². The van der Waals surface area contributed by atoms with Crippen LogP contribution in [0, 0.1) is 25.2 Å². The average molecular weight is 425 g/mol. The van der Waals surface area contributed by atoms with E-state index in [1.807, 2.05) is 12.1 Å². The minimum atomic E-state index is -3.85. The molecule has 3 aromatic rings. The number of benzene rings is 2. The molecule has 0 N–H and O–H groups in total. The molecule has 0 unspecified atom stereocenters. The van der Waals surface area contributed by atoms with Crippen LogP contribution in [0.25, 0.3) is 5.69 Å². The Labute approximate surface area is 176 Å². The number of aryl methyl sites for hydroxylation is 1. The number of rotatable bonds is 4. The molecule has 0 bridgehead atoms. The fraction of sp³-hybridized carbons (Fsp3) is 0.318. The van der Waals surface area contributed by atoms with Gasteiger partial charge in [-0.3, -0.25) is 0 Å². The zero-order valence-electron chi connectivity index (χ0n) is 17.9. The Kier molecular flexibility index (Phi) is 5.44. The number of methoxy groups -OCH3 is 1. The molecule has 1 heterocycles. The topological polar surface area (TPSA) is 97.9 Å². The van der Waals surface area contributed by atoms with Crippen LogP contribution in [0.1, 0.15) is 43.2 Å². The lowest BCUT2D eigenvalue weighted by molar-refractivity contribution is 0.411. The van der Waals surface area contributed by atoms with Gasteiger partial charge >= 0.3 is 0 Å². The Balaban J connectivity index is 2.10. The van der Waals surface area contributed by atoms with Crippen molar-refractivity contribution < 1.29 is 13.2 Å². The Morgan fingerprint density at radius 3 is 2.27 bits per heavy atom. The minimum Gasteiger partial charge on any atom is -0.494 e. The van der Waals surface area contributed by atoms with Crippen LogP contribution in [0.5, 0.6) is 5.75 Å². The van der Waals surface area contributed by atoms with E-state index in [0.29, 0.717) is 22.7 Å². The van der Waals surface area contributed by atoms with E-state index in [1.54, 1.807) is 38.1 Å². The zero-order chi connectivity index (χ0) is 22.3. The van der Waals surface area contributed by atoms with E-state index in [4.69, 9.17) is 4.74 Å². The van der Waals surface area contributed by atoms with Crippen LogP contribution >= 0.6 is 0 Å². The fourth-order valence-corrected chi connectivity index (χ4v) is 4.50.